The minimum absolute atomic E-state index is 0.130. The predicted molar refractivity (Wildman–Crippen MR) is 116 cm³/mol. The van der Waals surface area contributed by atoms with Crippen LogP contribution in [0.4, 0.5) is 10.1 Å². The first kappa shape index (κ1) is 21.8. The lowest BCUT2D eigenvalue weighted by molar-refractivity contribution is -0.126. The van der Waals surface area contributed by atoms with Gasteiger partial charge in [0, 0.05) is 30.4 Å². The molecule has 0 atom stereocenters. The number of anilines is 1. The number of hydrogen-bond donors (Lipinski definition) is 2. The van der Waals surface area contributed by atoms with Crippen LogP contribution in [0.5, 0.6) is 0 Å². The topological polar surface area (TPSA) is 95.6 Å². The average Bonchev–Trinajstić information content (AvgIpc) is 2.78. The maximum absolute atomic E-state index is 13.0. The molecule has 164 valence electrons. The average molecular weight is 464 g/mol. The summed E-state index contributed by atoms with van der Waals surface area (Å²) in [4.78, 5) is 25.0. The second kappa shape index (κ2) is 8.97. The molecule has 0 spiro atoms. The SMILES string of the molecule is O=C1CSc2ccc(S(=O)(=O)N3CCC(C(=O)NCc4ccc(F)cc4)CC3)cc2N1. The van der Waals surface area contributed by atoms with Crippen LogP contribution in [0.15, 0.2) is 52.3 Å². The monoisotopic (exact) mass is 463 g/mol. The summed E-state index contributed by atoms with van der Waals surface area (Å²) in [5, 5.41) is 5.55. The second-order valence-electron chi connectivity index (χ2n) is 7.52. The van der Waals surface area contributed by atoms with Crippen LogP contribution in [-0.2, 0) is 26.2 Å². The number of benzene rings is 2. The smallest absolute Gasteiger partial charge is 0.243 e. The molecule has 2 aliphatic heterocycles. The van der Waals surface area contributed by atoms with Gasteiger partial charge >= 0.3 is 0 Å². The van der Waals surface area contributed by atoms with Gasteiger partial charge in [-0.05, 0) is 48.7 Å². The molecule has 7 nitrogen and oxygen atoms in total. The molecule has 2 amide bonds. The van der Waals surface area contributed by atoms with Crippen LogP contribution in [0.2, 0.25) is 0 Å². The Morgan fingerprint density at radius 3 is 2.58 bits per heavy atom. The van der Waals surface area contributed by atoms with Crippen molar-refractivity contribution in [1.29, 1.82) is 0 Å². The third-order valence-corrected chi connectivity index (χ3v) is 8.39. The van der Waals surface area contributed by atoms with Crippen molar-refractivity contribution in [2.45, 2.75) is 29.2 Å². The maximum Gasteiger partial charge on any atom is 0.243 e. The lowest BCUT2D eigenvalue weighted by atomic mass is 9.97. The van der Waals surface area contributed by atoms with Crippen molar-refractivity contribution in [2.24, 2.45) is 5.92 Å². The van der Waals surface area contributed by atoms with Gasteiger partial charge in [-0.25, -0.2) is 12.8 Å². The molecule has 2 heterocycles. The molecule has 1 fully saturated rings. The molecule has 0 saturated carbocycles. The minimum atomic E-state index is -3.72. The Kier molecular flexibility index (Phi) is 6.31. The molecular weight excluding hydrogens is 441 g/mol. The standard InChI is InChI=1S/C21H22FN3O4S2/c22-16-3-1-14(2-4-16)12-23-21(27)15-7-9-25(10-8-15)31(28,29)17-5-6-19-18(11-17)24-20(26)13-30-19/h1-6,11,15H,7-10,12-13H2,(H,23,27)(H,24,26). The lowest BCUT2D eigenvalue weighted by Gasteiger charge is -2.31. The first-order valence-corrected chi connectivity index (χ1v) is 12.3. The van der Waals surface area contributed by atoms with Crippen molar-refractivity contribution in [3.63, 3.8) is 0 Å². The maximum atomic E-state index is 13.0. The number of thioether (sulfide) groups is 1. The Morgan fingerprint density at radius 2 is 1.87 bits per heavy atom. The van der Waals surface area contributed by atoms with E-state index in [0.717, 1.165) is 10.5 Å². The summed E-state index contributed by atoms with van der Waals surface area (Å²) in [6, 6.07) is 10.7. The van der Waals surface area contributed by atoms with Crippen molar-refractivity contribution in [1.82, 2.24) is 9.62 Å². The first-order chi connectivity index (χ1) is 14.8. The van der Waals surface area contributed by atoms with E-state index in [2.05, 4.69) is 10.6 Å². The zero-order valence-corrected chi connectivity index (χ0v) is 18.3. The summed E-state index contributed by atoms with van der Waals surface area (Å²) in [6.45, 7) is 0.792. The van der Waals surface area contributed by atoms with Crippen molar-refractivity contribution in [3.05, 3.63) is 53.8 Å². The van der Waals surface area contributed by atoms with Crippen LogP contribution in [0.1, 0.15) is 18.4 Å². The van der Waals surface area contributed by atoms with Gasteiger partial charge in [-0.15, -0.1) is 11.8 Å². The van der Waals surface area contributed by atoms with E-state index < -0.39 is 10.0 Å². The second-order valence-corrected chi connectivity index (χ2v) is 10.5. The zero-order valence-electron chi connectivity index (χ0n) is 16.6. The quantitative estimate of drug-likeness (QED) is 0.711. The van der Waals surface area contributed by atoms with Crippen LogP contribution in [0.25, 0.3) is 0 Å². The summed E-state index contributed by atoms with van der Waals surface area (Å²) in [7, 11) is -3.72. The van der Waals surface area contributed by atoms with E-state index in [0.29, 0.717) is 30.8 Å². The zero-order chi connectivity index (χ0) is 22.0. The lowest BCUT2D eigenvalue weighted by Crippen LogP contribution is -2.42. The van der Waals surface area contributed by atoms with Crippen LogP contribution in [-0.4, -0.2) is 43.4 Å². The van der Waals surface area contributed by atoms with E-state index >= 15 is 0 Å². The van der Waals surface area contributed by atoms with E-state index in [1.165, 1.54) is 34.3 Å². The first-order valence-electron chi connectivity index (χ1n) is 9.92. The Labute approximate surface area is 184 Å². The number of hydrogen-bond acceptors (Lipinski definition) is 5. The van der Waals surface area contributed by atoms with Crippen molar-refractivity contribution in [2.75, 3.05) is 24.2 Å². The summed E-state index contributed by atoms with van der Waals surface area (Å²) in [6.07, 6.45) is 0.845. The third kappa shape index (κ3) is 4.91. The molecule has 0 aliphatic carbocycles. The number of carbonyl (C=O) groups excluding carboxylic acids is 2. The van der Waals surface area contributed by atoms with Gasteiger partial charge in [-0.3, -0.25) is 9.59 Å². The molecule has 31 heavy (non-hydrogen) atoms. The molecule has 2 aromatic carbocycles. The Hall–Kier alpha value is -2.43. The summed E-state index contributed by atoms with van der Waals surface area (Å²) in [5.41, 5.74) is 1.31. The highest BCUT2D eigenvalue weighted by Crippen LogP contribution is 2.34. The van der Waals surface area contributed by atoms with Gasteiger partial charge in [0.1, 0.15) is 5.82 Å². The van der Waals surface area contributed by atoms with Crippen LogP contribution >= 0.6 is 11.8 Å². The molecule has 4 rings (SSSR count). The normalized spacial score (nSPS) is 17.6. The number of amides is 2. The largest absolute Gasteiger partial charge is 0.352 e. The third-order valence-electron chi connectivity index (χ3n) is 5.43. The van der Waals surface area contributed by atoms with E-state index in [-0.39, 0.29) is 41.5 Å². The van der Waals surface area contributed by atoms with Crippen molar-refractivity contribution < 1.29 is 22.4 Å². The highest BCUT2D eigenvalue weighted by atomic mass is 32.2. The number of rotatable bonds is 5. The Balaban J connectivity index is 1.35. The van der Waals surface area contributed by atoms with Crippen molar-refractivity contribution >= 4 is 39.3 Å². The van der Waals surface area contributed by atoms with Gasteiger partial charge in [-0.2, -0.15) is 4.31 Å². The number of sulfonamides is 1. The fraction of sp³-hybridized carbons (Fsp3) is 0.333. The van der Waals surface area contributed by atoms with E-state index in [1.807, 2.05) is 0 Å². The molecule has 0 radical (unpaired) electrons. The van der Waals surface area contributed by atoms with Gasteiger partial charge in [0.25, 0.3) is 0 Å². The van der Waals surface area contributed by atoms with Gasteiger partial charge in [0.05, 0.1) is 16.3 Å². The van der Waals surface area contributed by atoms with Gasteiger partial charge < -0.3 is 10.6 Å². The van der Waals surface area contributed by atoms with Crippen molar-refractivity contribution in [3.8, 4) is 0 Å². The number of piperidine rings is 1. The molecule has 0 bridgehead atoms. The summed E-state index contributed by atoms with van der Waals surface area (Å²) < 4.78 is 40.4. The van der Waals surface area contributed by atoms with E-state index in [9.17, 15) is 22.4 Å². The molecule has 0 unspecified atom stereocenters. The fourth-order valence-corrected chi connectivity index (χ4v) is 5.95. The van der Waals surface area contributed by atoms with Gasteiger partial charge in [0.2, 0.25) is 21.8 Å². The molecule has 0 aromatic heterocycles. The highest BCUT2D eigenvalue weighted by Gasteiger charge is 2.32. The van der Waals surface area contributed by atoms with Gasteiger partial charge in [0.15, 0.2) is 0 Å². The predicted octanol–water partition coefficient (Wildman–Crippen LogP) is 2.59. The number of fused-ring (bicyclic) bond motifs is 1. The molecule has 1 saturated heterocycles. The number of carbonyl (C=O) groups is 2. The Morgan fingerprint density at radius 1 is 1.16 bits per heavy atom. The number of halogens is 1. The molecule has 2 aromatic rings. The van der Waals surface area contributed by atoms with E-state index in [4.69, 9.17) is 0 Å². The fourth-order valence-electron chi connectivity index (χ4n) is 3.67. The minimum Gasteiger partial charge on any atom is -0.352 e. The summed E-state index contributed by atoms with van der Waals surface area (Å²) in [5.74, 6) is -0.570. The van der Waals surface area contributed by atoms with Gasteiger partial charge in [-0.1, -0.05) is 12.1 Å². The van der Waals surface area contributed by atoms with E-state index in [1.54, 1.807) is 24.3 Å². The van der Waals surface area contributed by atoms with Crippen LogP contribution in [0, 0.1) is 11.7 Å². The Bertz CT molecular complexity index is 1100. The number of nitrogens with one attached hydrogen (secondary N) is 2. The van der Waals surface area contributed by atoms with Crippen LogP contribution < -0.4 is 10.6 Å². The number of nitrogens with zero attached hydrogens (tertiary/aromatic N) is 1. The van der Waals surface area contributed by atoms with Crippen LogP contribution in [0.3, 0.4) is 0 Å². The summed E-state index contributed by atoms with van der Waals surface area (Å²) >= 11 is 1.38. The molecule has 2 aliphatic rings. The molecular formula is C21H22FN3O4S2. The molecule has 2 N–H and O–H groups in total. The molecule has 10 heteroatoms. The highest BCUT2D eigenvalue weighted by molar-refractivity contribution is 8.00.